The molecule has 0 spiro atoms. The molecule has 1 amide bonds. The maximum absolute atomic E-state index is 13.2. The zero-order valence-electron chi connectivity index (χ0n) is 17.5. The Bertz CT molecular complexity index is 964. The third-order valence-electron chi connectivity index (χ3n) is 4.56. The molecule has 0 unspecified atom stereocenters. The molecule has 6 heteroatoms. The van der Waals surface area contributed by atoms with Crippen LogP contribution in [0.1, 0.15) is 38.8 Å². The summed E-state index contributed by atoms with van der Waals surface area (Å²) >= 11 is 1.29. The molecule has 2 aromatic carbocycles. The van der Waals surface area contributed by atoms with E-state index in [9.17, 15) is 4.79 Å². The second kappa shape index (κ2) is 8.82. The van der Waals surface area contributed by atoms with Crippen molar-refractivity contribution < 1.29 is 9.21 Å². The topological polar surface area (TPSA) is 59.2 Å². The molecule has 1 atom stereocenters. The molecule has 0 fully saturated rings. The third-order valence-corrected chi connectivity index (χ3v) is 5.48. The highest BCUT2D eigenvalue weighted by molar-refractivity contribution is 8.00. The second-order valence-electron chi connectivity index (χ2n) is 8.08. The van der Waals surface area contributed by atoms with E-state index < -0.39 is 0 Å². The average molecular weight is 410 g/mol. The summed E-state index contributed by atoms with van der Waals surface area (Å²) in [5, 5.41) is 8.32. The van der Waals surface area contributed by atoms with Gasteiger partial charge in [-0.15, -0.1) is 10.2 Å². The van der Waals surface area contributed by atoms with E-state index >= 15 is 0 Å². The predicted octanol–water partition coefficient (Wildman–Crippen LogP) is 5.35. The molecule has 0 aliphatic rings. The number of rotatable bonds is 6. The Morgan fingerprint density at radius 2 is 1.83 bits per heavy atom. The first-order valence-corrected chi connectivity index (χ1v) is 10.5. The maximum Gasteiger partial charge on any atom is 0.277 e. The summed E-state index contributed by atoms with van der Waals surface area (Å²) in [7, 11) is 0. The van der Waals surface area contributed by atoms with E-state index in [2.05, 4.69) is 10.2 Å². The Hall–Kier alpha value is -2.60. The molecule has 0 radical (unpaired) electrons. The Morgan fingerprint density at radius 3 is 2.48 bits per heavy atom. The lowest BCUT2D eigenvalue weighted by atomic mass is 10.0. The summed E-state index contributed by atoms with van der Waals surface area (Å²) in [5.41, 5.74) is 2.81. The highest BCUT2D eigenvalue weighted by atomic mass is 32.2. The standard InChI is InChI=1S/C23H27N3O2S/c1-16-10-9-13-19(14-16)20-24-25-22(28-20)29-17(2)21(27)26(23(3,4)5)15-18-11-7-6-8-12-18/h6-14,17H,15H2,1-5H3/t17-/m0/s1. The molecule has 0 saturated carbocycles. The predicted molar refractivity (Wildman–Crippen MR) is 117 cm³/mol. The van der Waals surface area contributed by atoms with Crippen molar-refractivity contribution in [3.05, 3.63) is 65.7 Å². The number of aryl methyl sites for hydroxylation is 1. The van der Waals surface area contributed by atoms with Crippen LogP contribution >= 0.6 is 11.8 Å². The van der Waals surface area contributed by atoms with Crippen LogP contribution < -0.4 is 0 Å². The van der Waals surface area contributed by atoms with Gasteiger partial charge in [-0.25, -0.2) is 0 Å². The van der Waals surface area contributed by atoms with Gasteiger partial charge >= 0.3 is 0 Å². The SMILES string of the molecule is Cc1cccc(-c2nnc(S[C@@H](C)C(=O)N(Cc3ccccc3)C(C)(C)C)o2)c1. The van der Waals surface area contributed by atoms with E-state index in [0.717, 1.165) is 16.7 Å². The lowest BCUT2D eigenvalue weighted by molar-refractivity contribution is -0.135. The molecular formula is C23H27N3O2S. The van der Waals surface area contributed by atoms with Crippen LogP contribution in [0.2, 0.25) is 0 Å². The van der Waals surface area contributed by atoms with Crippen LogP contribution in [0.5, 0.6) is 0 Å². The Kier molecular flexibility index (Phi) is 6.42. The van der Waals surface area contributed by atoms with Crippen LogP contribution in [0.3, 0.4) is 0 Å². The summed E-state index contributed by atoms with van der Waals surface area (Å²) in [6, 6.07) is 17.9. The van der Waals surface area contributed by atoms with Crippen molar-refractivity contribution in [3.63, 3.8) is 0 Å². The molecule has 0 saturated heterocycles. The van der Waals surface area contributed by atoms with Crippen molar-refractivity contribution >= 4 is 17.7 Å². The van der Waals surface area contributed by atoms with Crippen molar-refractivity contribution in [3.8, 4) is 11.5 Å². The summed E-state index contributed by atoms with van der Waals surface area (Å²) in [4.78, 5) is 15.1. The van der Waals surface area contributed by atoms with Gasteiger partial charge in [0.25, 0.3) is 5.22 Å². The molecule has 152 valence electrons. The zero-order valence-corrected chi connectivity index (χ0v) is 18.4. The van der Waals surface area contributed by atoms with Crippen molar-refractivity contribution in [2.24, 2.45) is 0 Å². The minimum Gasteiger partial charge on any atom is -0.411 e. The lowest BCUT2D eigenvalue weighted by Gasteiger charge is -2.37. The van der Waals surface area contributed by atoms with Gasteiger partial charge in [0.1, 0.15) is 0 Å². The zero-order chi connectivity index (χ0) is 21.0. The van der Waals surface area contributed by atoms with Crippen LogP contribution in [0.15, 0.2) is 64.2 Å². The third kappa shape index (κ3) is 5.48. The summed E-state index contributed by atoms with van der Waals surface area (Å²) in [6.45, 7) is 10.6. The van der Waals surface area contributed by atoms with Gasteiger partial charge in [0, 0.05) is 17.6 Å². The Balaban J connectivity index is 1.73. The van der Waals surface area contributed by atoms with Gasteiger partial charge in [-0.2, -0.15) is 0 Å². The van der Waals surface area contributed by atoms with Gasteiger partial charge in [-0.3, -0.25) is 4.79 Å². The summed E-state index contributed by atoms with van der Waals surface area (Å²) in [5.74, 6) is 0.509. The number of nitrogens with zero attached hydrogens (tertiary/aromatic N) is 3. The Labute approximate surface area is 176 Å². The van der Waals surface area contributed by atoms with Gasteiger partial charge in [-0.05, 0) is 52.3 Å². The Morgan fingerprint density at radius 1 is 1.10 bits per heavy atom. The van der Waals surface area contributed by atoms with Crippen LogP contribution in [-0.4, -0.2) is 31.8 Å². The van der Waals surface area contributed by atoms with Crippen LogP contribution in [0.4, 0.5) is 0 Å². The molecule has 3 rings (SSSR count). The first-order valence-electron chi connectivity index (χ1n) is 9.66. The normalized spacial score (nSPS) is 12.6. The van der Waals surface area contributed by atoms with Crippen molar-refractivity contribution in [2.45, 2.75) is 57.2 Å². The molecule has 1 heterocycles. The van der Waals surface area contributed by atoms with Crippen LogP contribution in [-0.2, 0) is 11.3 Å². The fraction of sp³-hybridized carbons (Fsp3) is 0.348. The average Bonchev–Trinajstić information content (AvgIpc) is 3.14. The minimum absolute atomic E-state index is 0.0432. The van der Waals surface area contributed by atoms with Crippen LogP contribution in [0.25, 0.3) is 11.5 Å². The molecule has 1 aromatic heterocycles. The molecule has 0 bridgehead atoms. The molecular weight excluding hydrogens is 382 g/mol. The first-order chi connectivity index (χ1) is 13.7. The molecule has 0 aliphatic heterocycles. The largest absolute Gasteiger partial charge is 0.411 e. The van der Waals surface area contributed by atoms with E-state index in [0.29, 0.717) is 17.7 Å². The van der Waals surface area contributed by atoms with Crippen molar-refractivity contribution in [2.75, 3.05) is 0 Å². The number of carbonyl (C=O) groups is 1. The van der Waals surface area contributed by atoms with Crippen LogP contribution in [0, 0.1) is 6.92 Å². The van der Waals surface area contributed by atoms with Gasteiger partial charge < -0.3 is 9.32 Å². The molecule has 5 nitrogen and oxygen atoms in total. The first kappa shape index (κ1) is 21.1. The number of benzene rings is 2. The number of thioether (sulfide) groups is 1. The molecule has 0 N–H and O–H groups in total. The number of hydrogen-bond acceptors (Lipinski definition) is 5. The molecule has 0 aliphatic carbocycles. The van der Waals surface area contributed by atoms with E-state index in [-0.39, 0.29) is 16.7 Å². The molecule has 3 aromatic rings. The fourth-order valence-corrected chi connectivity index (χ4v) is 3.73. The quantitative estimate of drug-likeness (QED) is 0.514. The maximum atomic E-state index is 13.2. The number of carbonyl (C=O) groups excluding carboxylic acids is 1. The summed E-state index contributed by atoms with van der Waals surface area (Å²) in [6.07, 6.45) is 0. The number of aromatic nitrogens is 2. The molecule has 29 heavy (non-hydrogen) atoms. The number of amides is 1. The van der Waals surface area contributed by atoms with Crippen molar-refractivity contribution in [1.29, 1.82) is 0 Å². The smallest absolute Gasteiger partial charge is 0.277 e. The second-order valence-corrected chi connectivity index (χ2v) is 9.38. The fourth-order valence-electron chi connectivity index (χ4n) is 2.98. The van der Waals surface area contributed by atoms with E-state index in [1.807, 2.05) is 94.1 Å². The number of hydrogen-bond donors (Lipinski definition) is 0. The van der Waals surface area contributed by atoms with Gasteiger partial charge in [0.2, 0.25) is 11.8 Å². The van der Waals surface area contributed by atoms with Gasteiger partial charge in [-0.1, -0.05) is 59.8 Å². The highest BCUT2D eigenvalue weighted by Gasteiger charge is 2.31. The lowest BCUT2D eigenvalue weighted by Crippen LogP contribution is -2.48. The van der Waals surface area contributed by atoms with E-state index in [4.69, 9.17) is 4.42 Å². The highest BCUT2D eigenvalue weighted by Crippen LogP contribution is 2.29. The monoisotopic (exact) mass is 409 g/mol. The van der Waals surface area contributed by atoms with E-state index in [1.165, 1.54) is 11.8 Å². The minimum atomic E-state index is -0.344. The van der Waals surface area contributed by atoms with Crippen molar-refractivity contribution in [1.82, 2.24) is 15.1 Å². The van der Waals surface area contributed by atoms with Gasteiger partial charge in [0.15, 0.2) is 0 Å². The summed E-state index contributed by atoms with van der Waals surface area (Å²) < 4.78 is 5.80. The van der Waals surface area contributed by atoms with Gasteiger partial charge in [0.05, 0.1) is 5.25 Å². The van der Waals surface area contributed by atoms with E-state index in [1.54, 1.807) is 0 Å².